The van der Waals surface area contributed by atoms with Gasteiger partial charge in [-0.15, -0.1) is 0 Å². The van der Waals surface area contributed by atoms with E-state index in [2.05, 4.69) is 10.0 Å². The molecule has 0 spiro atoms. The van der Waals surface area contributed by atoms with Crippen LogP contribution in [0.1, 0.15) is 30.5 Å². The van der Waals surface area contributed by atoms with Crippen LogP contribution in [0, 0.1) is 6.92 Å². The molecule has 2 rings (SSSR count). The Morgan fingerprint density at radius 1 is 1.04 bits per heavy atom. The normalized spacial score (nSPS) is 11.4. The predicted octanol–water partition coefficient (Wildman–Crippen LogP) is 2.52. The molecule has 2 aromatic rings. The maximum Gasteiger partial charge on any atom is 0.258 e. The van der Waals surface area contributed by atoms with Crippen molar-refractivity contribution in [3.8, 4) is 5.75 Å². The molecule has 0 radical (unpaired) electrons. The summed E-state index contributed by atoms with van der Waals surface area (Å²) in [6.07, 6.45) is 0. The maximum absolute atomic E-state index is 12.2. The van der Waals surface area contributed by atoms with Gasteiger partial charge in [-0.1, -0.05) is 42.0 Å². The Kier molecular flexibility index (Phi) is 7.38. The second kappa shape index (κ2) is 9.53. The van der Waals surface area contributed by atoms with Crippen LogP contribution >= 0.6 is 0 Å². The quantitative estimate of drug-likeness (QED) is 0.689. The van der Waals surface area contributed by atoms with E-state index < -0.39 is 10.0 Å². The molecular weight excluding hydrogens is 364 g/mol. The molecule has 1 amide bonds. The molecule has 0 fully saturated rings. The van der Waals surface area contributed by atoms with Crippen molar-refractivity contribution in [2.24, 2.45) is 0 Å². The minimum Gasteiger partial charge on any atom is -0.484 e. The summed E-state index contributed by atoms with van der Waals surface area (Å²) in [4.78, 5) is 12.0. The molecular formula is C20H26N2O4S. The van der Waals surface area contributed by atoms with Crippen LogP contribution in [-0.2, 0) is 27.1 Å². The first kappa shape index (κ1) is 20.9. The fraction of sp³-hybridized carbons (Fsp3) is 0.350. The number of carbonyl (C=O) groups is 1. The van der Waals surface area contributed by atoms with Crippen LogP contribution in [-0.4, -0.2) is 27.0 Å². The zero-order valence-corrected chi connectivity index (χ0v) is 16.7. The van der Waals surface area contributed by atoms with E-state index in [1.54, 1.807) is 32.0 Å². The van der Waals surface area contributed by atoms with Crippen LogP contribution in [0.15, 0.2) is 48.5 Å². The van der Waals surface area contributed by atoms with Gasteiger partial charge < -0.3 is 10.1 Å². The first-order valence-electron chi connectivity index (χ1n) is 8.78. The van der Waals surface area contributed by atoms with Gasteiger partial charge in [0.25, 0.3) is 5.91 Å². The number of ether oxygens (including phenoxy) is 1. The molecule has 0 aromatic heterocycles. The summed E-state index contributed by atoms with van der Waals surface area (Å²) in [5.41, 5.74) is 2.53. The lowest BCUT2D eigenvalue weighted by Crippen LogP contribution is -2.32. The summed E-state index contributed by atoms with van der Waals surface area (Å²) in [7, 11) is -3.43. The highest BCUT2D eigenvalue weighted by Crippen LogP contribution is 2.13. The molecule has 0 unspecified atom stereocenters. The largest absolute Gasteiger partial charge is 0.484 e. The number of sulfonamides is 1. The van der Waals surface area contributed by atoms with E-state index in [0.717, 1.165) is 11.1 Å². The van der Waals surface area contributed by atoms with E-state index >= 15 is 0 Å². The van der Waals surface area contributed by atoms with Crippen LogP contribution < -0.4 is 14.8 Å². The average Bonchev–Trinajstić information content (AvgIpc) is 2.59. The van der Waals surface area contributed by atoms with Crippen molar-refractivity contribution in [3.05, 3.63) is 65.2 Å². The van der Waals surface area contributed by atoms with E-state index in [9.17, 15) is 13.2 Å². The van der Waals surface area contributed by atoms with E-state index in [0.29, 0.717) is 11.3 Å². The highest BCUT2D eigenvalue weighted by Gasteiger charge is 2.15. The molecule has 0 saturated heterocycles. The Hall–Kier alpha value is -2.38. The zero-order valence-electron chi connectivity index (χ0n) is 15.9. The summed E-state index contributed by atoms with van der Waals surface area (Å²) >= 11 is 0. The molecule has 2 N–H and O–H groups in total. The van der Waals surface area contributed by atoms with Crippen LogP contribution in [0.4, 0.5) is 0 Å². The van der Waals surface area contributed by atoms with Crippen molar-refractivity contribution in [1.29, 1.82) is 0 Å². The maximum atomic E-state index is 12.2. The molecule has 0 heterocycles. The zero-order chi connectivity index (χ0) is 19.9. The van der Waals surface area contributed by atoms with Crippen molar-refractivity contribution in [2.45, 2.75) is 39.1 Å². The SMILES string of the molecule is Cc1ccc(OCC(=O)NCc2ccccc2CS(=O)(=O)NC(C)C)cc1. The number of hydrogen-bond acceptors (Lipinski definition) is 4. The van der Waals surface area contributed by atoms with Crippen molar-refractivity contribution in [2.75, 3.05) is 6.61 Å². The topological polar surface area (TPSA) is 84.5 Å². The van der Waals surface area contributed by atoms with Crippen molar-refractivity contribution < 1.29 is 17.9 Å². The average molecular weight is 391 g/mol. The van der Waals surface area contributed by atoms with Crippen molar-refractivity contribution >= 4 is 15.9 Å². The number of aryl methyl sites for hydroxylation is 1. The van der Waals surface area contributed by atoms with Gasteiger partial charge in [0.2, 0.25) is 10.0 Å². The number of carbonyl (C=O) groups excluding carboxylic acids is 1. The molecule has 6 nitrogen and oxygen atoms in total. The Balaban J connectivity index is 1.91. The van der Waals surface area contributed by atoms with Gasteiger partial charge in [-0.05, 0) is 44.0 Å². The fourth-order valence-electron chi connectivity index (χ4n) is 2.50. The second-order valence-electron chi connectivity index (χ2n) is 6.68. The lowest BCUT2D eigenvalue weighted by atomic mass is 10.1. The second-order valence-corrected chi connectivity index (χ2v) is 8.43. The molecule has 0 atom stereocenters. The highest BCUT2D eigenvalue weighted by atomic mass is 32.2. The smallest absolute Gasteiger partial charge is 0.258 e. The molecule has 7 heteroatoms. The molecule has 0 aliphatic rings. The van der Waals surface area contributed by atoms with Crippen LogP contribution in [0.2, 0.25) is 0 Å². The van der Waals surface area contributed by atoms with Crippen LogP contribution in [0.3, 0.4) is 0 Å². The number of hydrogen-bond donors (Lipinski definition) is 2. The lowest BCUT2D eigenvalue weighted by molar-refractivity contribution is -0.123. The third-order valence-electron chi connectivity index (χ3n) is 3.75. The first-order valence-corrected chi connectivity index (χ1v) is 10.4. The minimum absolute atomic E-state index is 0.0988. The van der Waals surface area contributed by atoms with Gasteiger partial charge in [-0.25, -0.2) is 13.1 Å². The monoisotopic (exact) mass is 390 g/mol. The number of amides is 1. The Morgan fingerprint density at radius 3 is 2.30 bits per heavy atom. The summed E-state index contributed by atoms with van der Waals surface area (Å²) in [5, 5.41) is 2.77. The van der Waals surface area contributed by atoms with Crippen LogP contribution in [0.5, 0.6) is 5.75 Å². The van der Waals surface area contributed by atoms with Gasteiger partial charge in [0.05, 0.1) is 5.75 Å². The molecule has 0 bridgehead atoms. The standard InChI is InChI=1S/C20H26N2O4S/c1-15(2)22-27(24,25)14-18-7-5-4-6-17(18)12-21-20(23)13-26-19-10-8-16(3)9-11-19/h4-11,15,22H,12-14H2,1-3H3,(H,21,23). The molecule has 2 aromatic carbocycles. The van der Waals surface area contributed by atoms with Gasteiger partial charge in [-0.3, -0.25) is 4.79 Å². The molecule has 146 valence electrons. The third kappa shape index (κ3) is 7.40. The minimum atomic E-state index is -3.43. The van der Waals surface area contributed by atoms with Gasteiger partial charge in [0, 0.05) is 12.6 Å². The van der Waals surface area contributed by atoms with E-state index in [4.69, 9.17) is 4.74 Å². The number of benzene rings is 2. The fourth-order valence-corrected chi connectivity index (χ4v) is 4.00. The number of rotatable bonds is 9. The Labute approximate surface area is 161 Å². The van der Waals surface area contributed by atoms with Gasteiger partial charge in [-0.2, -0.15) is 0 Å². The van der Waals surface area contributed by atoms with E-state index in [-0.39, 0.29) is 30.9 Å². The lowest BCUT2D eigenvalue weighted by Gasteiger charge is -2.13. The van der Waals surface area contributed by atoms with Gasteiger partial charge in [0.15, 0.2) is 6.61 Å². The van der Waals surface area contributed by atoms with Gasteiger partial charge >= 0.3 is 0 Å². The summed E-state index contributed by atoms with van der Waals surface area (Å²) in [6.45, 7) is 5.67. The molecule has 0 aliphatic heterocycles. The predicted molar refractivity (Wildman–Crippen MR) is 106 cm³/mol. The summed E-state index contributed by atoms with van der Waals surface area (Å²) in [5.74, 6) is 0.229. The molecule has 27 heavy (non-hydrogen) atoms. The summed E-state index contributed by atoms with van der Waals surface area (Å²) in [6, 6.07) is 14.4. The Bertz CT molecular complexity index is 862. The molecule has 0 aliphatic carbocycles. The van der Waals surface area contributed by atoms with E-state index in [1.165, 1.54) is 0 Å². The van der Waals surface area contributed by atoms with E-state index in [1.807, 2.05) is 37.3 Å². The Morgan fingerprint density at radius 2 is 1.67 bits per heavy atom. The number of nitrogens with one attached hydrogen (secondary N) is 2. The van der Waals surface area contributed by atoms with Gasteiger partial charge in [0.1, 0.15) is 5.75 Å². The highest BCUT2D eigenvalue weighted by molar-refractivity contribution is 7.88. The first-order chi connectivity index (χ1) is 12.7. The molecule has 0 saturated carbocycles. The van der Waals surface area contributed by atoms with Crippen LogP contribution in [0.25, 0.3) is 0 Å². The van der Waals surface area contributed by atoms with Crippen molar-refractivity contribution in [3.63, 3.8) is 0 Å². The summed E-state index contributed by atoms with van der Waals surface area (Å²) < 4.78 is 32.3. The third-order valence-corrected chi connectivity index (χ3v) is 5.27. The van der Waals surface area contributed by atoms with Crippen molar-refractivity contribution in [1.82, 2.24) is 10.0 Å².